The molecule has 0 aliphatic carbocycles. The molecule has 3 rings (SSSR count). The van der Waals surface area contributed by atoms with Crippen molar-refractivity contribution in [1.82, 2.24) is 4.90 Å². The van der Waals surface area contributed by atoms with Crippen LogP contribution in [-0.4, -0.2) is 36.1 Å². The van der Waals surface area contributed by atoms with E-state index in [0.29, 0.717) is 6.41 Å². The molecule has 1 fully saturated rings. The lowest BCUT2D eigenvalue weighted by molar-refractivity contribution is -0.119. The molecule has 2 aromatic carbocycles. The molecular formula is C18H16F4N2O. The molecular weight excluding hydrogens is 336 g/mol. The van der Waals surface area contributed by atoms with Gasteiger partial charge in [0.2, 0.25) is 6.41 Å². The van der Waals surface area contributed by atoms with Crippen LogP contribution in [0.5, 0.6) is 0 Å². The molecule has 1 amide bonds. The van der Waals surface area contributed by atoms with E-state index in [-0.39, 0.29) is 29.7 Å². The molecule has 3 nitrogen and oxygen atoms in total. The quantitative estimate of drug-likeness (QED) is 0.679. The lowest BCUT2D eigenvalue weighted by atomic mass is 9.95. The zero-order valence-electron chi connectivity index (χ0n) is 13.1. The van der Waals surface area contributed by atoms with Gasteiger partial charge >= 0.3 is 0 Å². The minimum atomic E-state index is -1.39. The van der Waals surface area contributed by atoms with Gasteiger partial charge in [-0.25, -0.2) is 17.6 Å². The lowest BCUT2D eigenvalue weighted by Gasteiger charge is -2.23. The second-order valence-electron chi connectivity index (χ2n) is 6.07. The summed E-state index contributed by atoms with van der Waals surface area (Å²) in [6.07, 6.45) is -0.920. The van der Waals surface area contributed by atoms with Crippen LogP contribution in [0.2, 0.25) is 0 Å². The molecule has 2 N–H and O–H groups in total. The van der Waals surface area contributed by atoms with E-state index in [1.54, 1.807) is 0 Å². The average molecular weight is 352 g/mol. The van der Waals surface area contributed by atoms with E-state index < -0.39 is 35.7 Å². The van der Waals surface area contributed by atoms with E-state index in [2.05, 4.69) is 0 Å². The highest BCUT2D eigenvalue weighted by Gasteiger charge is 2.39. The molecule has 3 unspecified atom stereocenters. The summed E-state index contributed by atoms with van der Waals surface area (Å²) in [6, 6.07) is 5.43. The first-order valence-corrected chi connectivity index (χ1v) is 7.76. The average Bonchev–Trinajstić information content (AvgIpc) is 2.86. The van der Waals surface area contributed by atoms with Crippen molar-refractivity contribution in [3.63, 3.8) is 0 Å². The topological polar surface area (TPSA) is 46.3 Å². The molecule has 0 aromatic heterocycles. The molecule has 132 valence electrons. The number of hydrogen-bond acceptors (Lipinski definition) is 2. The standard InChI is InChI=1S/C18H16F4N2O/c19-11-4-5-14(20)13(7-11)12-3-1-2-10(17(12)22)6-16-18(23)15(21)8-24(16)9-25/h1-5,7,9,15-16,18H,6,8,23H2. The number of nitrogens with two attached hydrogens (primary N) is 1. The van der Waals surface area contributed by atoms with E-state index in [0.717, 1.165) is 18.2 Å². The van der Waals surface area contributed by atoms with Crippen LogP contribution < -0.4 is 5.73 Å². The number of carbonyl (C=O) groups excluding carboxylic acids is 1. The number of carbonyl (C=O) groups is 1. The van der Waals surface area contributed by atoms with Gasteiger partial charge in [0.15, 0.2) is 0 Å². The van der Waals surface area contributed by atoms with Crippen LogP contribution in [0, 0.1) is 17.5 Å². The van der Waals surface area contributed by atoms with Crippen LogP contribution in [0.3, 0.4) is 0 Å². The Morgan fingerprint density at radius 2 is 1.92 bits per heavy atom. The second kappa shape index (κ2) is 6.84. The highest BCUT2D eigenvalue weighted by molar-refractivity contribution is 5.66. The molecule has 1 heterocycles. The Balaban J connectivity index is 1.97. The Morgan fingerprint density at radius 1 is 1.16 bits per heavy atom. The van der Waals surface area contributed by atoms with E-state index in [1.807, 2.05) is 0 Å². The number of amides is 1. The van der Waals surface area contributed by atoms with Gasteiger partial charge in [0.1, 0.15) is 23.6 Å². The normalized spacial score (nSPS) is 23.1. The summed E-state index contributed by atoms with van der Waals surface area (Å²) < 4.78 is 55.9. The molecule has 0 bridgehead atoms. The Bertz CT molecular complexity index is 799. The minimum Gasteiger partial charge on any atom is -0.337 e. The fourth-order valence-electron chi connectivity index (χ4n) is 3.17. The number of halogens is 4. The second-order valence-corrected chi connectivity index (χ2v) is 6.07. The summed E-state index contributed by atoms with van der Waals surface area (Å²) in [4.78, 5) is 12.3. The highest BCUT2D eigenvalue weighted by Crippen LogP contribution is 2.30. The van der Waals surface area contributed by atoms with Crippen molar-refractivity contribution in [3.8, 4) is 11.1 Å². The predicted octanol–water partition coefficient (Wildman–Crippen LogP) is 2.82. The molecule has 0 saturated carbocycles. The number of rotatable bonds is 4. The third-order valence-electron chi connectivity index (χ3n) is 4.53. The van der Waals surface area contributed by atoms with E-state index in [1.165, 1.54) is 23.1 Å². The first kappa shape index (κ1) is 17.4. The van der Waals surface area contributed by atoms with Gasteiger partial charge < -0.3 is 10.6 Å². The van der Waals surface area contributed by atoms with Crippen LogP contribution in [0.25, 0.3) is 11.1 Å². The van der Waals surface area contributed by atoms with Gasteiger partial charge in [-0.1, -0.05) is 18.2 Å². The maximum absolute atomic E-state index is 14.8. The summed E-state index contributed by atoms with van der Waals surface area (Å²) in [5.74, 6) is -2.19. The summed E-state index contributed by atoms with van der Waals surface area (Å²) in [7, 11) is 0. The van der Waals surface area contributed by atoms with Gasteiger partial charge in [-0.3, -0.25) is 4.79 Å². The van der Waals surface area contributed by atoms with Crippen molar-refractivity contribution in [2.45, 2.75) is 24.7 Å². The monoisotopic (exact) mass is 352 g/mol. The largest absolute Gasteiger partial charge is 0.337 e. The summed E-state index contributed by atoms with van der Waals surface area (Å²) in [5.41, 5.74) is 5.62. The fourth-order valence-corrected chi connectivity index (χ4v) is 3.17. The summed E-state index contributed by atoms with van der Waals surface area (Å²) >= 11 is 0. The summed E-state index contributed by atoms with van der Waals surface area (Å²) in [5, 5.41) is 0. The maximum Gasteiger partial charge on any atom is 0.210 e. The van der Waals surface area contributed by atoms with E-state index in [4.69, 9.17) is 5.73 Å². The van der Waals surface area contributed by atoms with Gasteiger partial charge in [0.25, 0.3) is 0 Å². The Hall–Kier alpha value is -2.41. The van der Waals surface area contributed by atoms with E-state index >= 15 is 0 Å². The molecule has 1 aliphatic rings. The van der Waals surface area contributed by atoms with Crippen molar-refractivity contribution in [2.24, 2.45) is 5.73 Å². The van der Waals surface area contributed by atoms with Crippen molar-refractivity contribution >= 4 is 6.41 Å². The van der Waals surface area contributed by atoms with Crippen LogP contribution >= 0.6 is 0 Å². The number of alkyl halides is 1. The SMILES string of the molecule is NC1C(F)CN(C=O)C1Cc1cccc(-c2cc(F)ccc2F)c1F. The number of nitrogens with zero attached hydrogens (tertiary/aromatic N) is 1. The number of likely N-dealkylation sites (tertiary alicyclic amines) is 1. The molecule has 1 saturated heterocycles. The van der Waals surface area contributed by atoms with Gasteiger partial charge in [0, 0.05) is 11.1 Å². The highest BCUT2D eigenvalue weighted by atomic mass is 19.1. The maximum atomic E-state index is 14.8. The Morgan fingerprint density at radius 3 is 2.64 bits per heavy atom. The molecule has 0 radical (unpaired) electrons. The van der Waals surface area contributed by atoms with Crippen molar-refractivity contribution in [2.75, 3.05) is 6.54 Å². The van der Waals surface area contributed by atoms with Crippen LogP contribution in [-0.2, 0) is 11.2 Å². The van der Waals surface area contributed by atoms with Crippen LogP contribution in [0.15, 0.2) is 36.4 Å². The van der Waals surface area contributed by atoms with Crippen molar-refractivity contribution in [3.05, 3.63) is 59.4 Å². The zero-order chi connectivity index (χ0) is 18.1. The summed E-state index contributed by atoms with van der Waals surface area (Å²) in [6.45, 7) is -0.144. The smallest absolute Gasteiger partial charge is 0.210 e. The molecule has 2 aromatic rings. The Labute approximate surface area is 142 Å². The lowest BCUT2D eigenvalue weighted by Crippen LogP contribution is -2.42. The molecule has 3 atom stereocenters. The molecule has 1 aliphatic heterocycles. The van der Waals surface area contributed by atoms with E-state index in [9.17, 15) is 22.4 Å². The third kappa shape index (κ3) is 3.24. The van der Waals surface area contributed by atoms with Crippen LogP contribution in [0.4, 0.5) is 17.6 Å². The molecule has 7 heteroatoms. The predicted molar refractivity (Wildman–Crippen MR) is 84.9 cm³/mol. The molecule has 0 spiro atoms. The van der Waals surface area contributed by atoms with Crippen molar-refractivity contribution < 1.29 is 22.4 Å². The Kier molecular flexibility index (Phi) is 4.76. The molecule has 25 heavy (non-hydrogen) atoms. The number of benzene rings is 2. The minimum absolute atomic E-state index is 0.0169. The zero-order valence-corrected chi connectivity index (χ0v) is 13.1. The first-order valence-electron chi connectivity index (χ1n) is 7.76. The van der Waals surface area contributed by atoms with Gasteiger partial charge in [0.05, 0.1) is 18.6 Å². The van der Waals surface area contributed by atoms with Gasteiger partial charge in [-0.2, -0.15) is 0 Å². The number of hydrogen-bond donors (Lipinski definition) is 1. The van der Waals surface area contributed by atoms with Gasteiger partial charge in [-0.15, -0.1) is 0 Å². The van der Waals surface area contributed by atoms with Gasteiger partial charge in [-0.05, 0) is 30.2 Å². The first-order chi connectivity index (χ1) is 11.9. The van der Waals surface area contributed by atoms with Crippen LogP contribution in [0.1, 0.15) is 5.56 Å². The third-order valence-corrected chi connectivity index (χ3v) is 4.53. The fraction of sp³-hybridized carbons (Fsp3) is 0.278. The van der Waals surface area contributed by atoms with Crippen molar-refractivity contribution in [1.29, 1.82) is 0 Å².